The Bertz CT molecular complexity index is 957. The third-order valence-electron chi connectivity index (χ3n) is 4.26. The van der Waals surface area contributed by atoms with Crippen LogP contribution < -0.4 is 5.32 Å². The van der Waals surface area contributed by atoms with Crippen LogP contribution in [0.15, 0.2) is 42.9 Å². The first-order valence-corrected chi connectivity index (χ1v) is 7.95. The van der Waals surface area contributed by atoms with Crippen molar-refractivity contribution in [3.63, 3.8) is 0 Å². The zero-order valence-electron chi connectivity index (χ0n) is 14.6. The van der Waals surface area contributed by atoms with Crippen molar-refractivity contribution in [3.8, 4) is 5.69 Å². The molecule has 0 bridgehead atoms. The van der Waals surface area contributed by atoms with E-state index in [-0.39, 0.29) is 17.6 Å². The maximum absolute atomic E-state index is 12.5. The van der Waals surface area contributed by atoms with Crippen molar-refractivity contribution < 1.29 is 9.72 Å². The molecule has 2 aromatic heterocycles. The smallest absolute Gasteiger partial charge is 0.269 e. The molecule has 0 aliphatic rings. The van der Waals surface area contributed by atoms with Crippen molar-refractivity contribution >= 4 is 11.6 Å². The number of aromatic nitrogens is 4. The highest BCUT2D eigenvalue weighted by atomic mass is 16.6. The van der Waals surface area contributed by atoms with Crippen molar-refractivity contribution in [2.45, 2.75) is 19.9 Å². The second kappa shape index (κ2) is 6.79. The molecular formula is C17H18N6O3. The van der Waals surface area contributed by atoms with E-state index in [4.69, 9.17) is 0 Å². The average Bonchev–Trinajstić information content (AvgIpc) is 3.23. The van der Waals surface area contributed by atoms with Gasteiger partial charge in [0.25, 0.3) is 11.6 Å². The van der Waals surface area contributed by atoms with Crippen molar-refractivity contribution in [1.82, 2.24) is 24.9 Å². The quantitative estimate of drug-likeness (QED) is 0.559. The summed E-state index contributed by atoms with van der Waals surface area (Å²) in [4.78, 5) is 22.7. The fraction of sp³-hybridized carbons (Fsp3) is 0.235. The van der Waals surface area contributed by atoms with E-state index in [1.165, 1.54) is 23.0 Å². The number of hydrogen-bond acceptors (Lipinski definition) is 5. The number of nitrogens with zero attached hydrogens (tertiary/aromatic N) is 5. The molecule has 1 N–H and O–H groups in total. The summed E-state index contributed by atoms with van der Waals surface area (Å²) >= 11 is 0. The normalized spacial score (nSPS) is 12.0. The number of benzene rings is 1. The molecule has 0 spiro atoms. The Morgan fingerprint density at radius 1 is 1.23 bits per heavy atom. The molecule has 0 unspecified atom stereocenters. The Morgan fingerprint density at radius 3 is 2.50 bits per heavy atom. The van der Waals surface area contributed by atoms with Crippen LogP contribution in [0.5, 0.6) is 0 Å². The summed E-state index contributed by atoms with van der Waals surface area (Å²) in [7, 11) is 1.85. The second-order valence-corrected chi connectivity index (χ2v) is 5.95. The molecule has 9 heteroatoms. The Hall–Kier alpha value is -3.49. The minimum atomic E-state index is -0.465. The standard InChI is InChI=1S/C17H18N6O3/c1-11(16-9-18-21(3)12(16)2)20-17(24)13-8-19-22(10-13)14-4-6-15(7-5-14)23(25)26/h4-11H,1-3H3,(H,20,24)/t11-/m0/s1. The van der Waals surface area contributed by atoms with Crippen LogP contribution in [0.3, 0.4) is 0 Å². The molecule has 9 nitrogen and oxygen atoms in total. The lowest BCUT2D eigenvalue weighted by Crippen LogP contribution is -2.26. The lowest BCUT2D eigenvalue weighted by Gasteiger charge is -2.12. The van der Waals surface area contributed by atoms with Crippen LogP contribution in [0.1, 0.15) is 34.6 Å². The van der Waals surface area contributed by atoms with Gasteiger partial charge in [0.05, 0.1) is 34.6 Å². The van der Waals surface area contributed by atoms with Crippen LogP contribution in [0, 0.1) is 17.0 Å². The van der Waals surface area contributed by atoms with Crippen molar-refractivity contribution in [2.24, 2.45) is 7.05 Å². The molecule has 1 atom stereocenters. The van der Waals surface area contributed by atoms with Gasteiger partial charge in [-0.3, -0.25) is 19.6 Å². The molecular weight excluding hydrogens is 336 g/mol. The number of non-ortho nitro benzene ring substituents is 1. The number of hydrogen-bond donors (Lipinski definition) is 1. The summed E-state index contributed by atoms with van der Waals surface area (Å²) in [5.41, 5.74) is 2.96. The third kappa shape index (κ3) is 3.32. The van der Waals surface area contributed by atoms with Crippen LogP contribution in [0.4, 0.5) is 5.69 Å². The molecule has 2 heterocycles. The van der Waals surface area contributed by atoms with Crippen molar-refractivity contribution in [2.75, 3.05) is 0 Å². The number of nitro benzene ring substituents is 1. The Balaban J connectivity index is 1.73. The molecule has 0 fully saturated rings. The number of aryl methyl sites for hydroxylation is 1. The van der Waals surface area contributed by atoms with E-state index in [1.807, 2.05) is 20.9 Å². The number of nitrogens with one attached hydrogen (secondary N) is 1. The van der Waals surface area contributed by atoms with E-state index >= 15 is 0 Å². The maximum atomic E-state index is 12.5. The molecule has 1 amide bonds. The van der Waals surface area contributed by atoms with Gasteiger partial charge in [0.1, 0.15) is 0 Å². The number of carbonyl (C=O) groups excluding carboxylic acids is 1. The Morgan fingerprint density at radius 2 is 1.92 bits per heavy atom. The largest absolute Gasteiger partial charge is 0.345 e. The van der Waals surface area contributed by atoms with Gasteiger partial charge >= 0.3 is 0 Å². The van der Waals surface area contributed by atoms with E-state index in [0.717, 1.165) is 11.3 Å². The molecule has 1 aromatic carbocycles. The van der Waals surface area contributed by atoms with Gasteiger partial charge in [-0.05, 0) is 26.0 Å². The molecule has 3 rings (SSSR count). The number of amides is 1. The van der Waals surface area contributed by atoms with Crippen molar-refractivity contribution in [1.29, 1.82) is 0 Å². The number of carbonyl (C=O) groups is 1. The van der Waals surface area contributed by atoms with Crippen LogP contribution in [0.2, 0.25) is 0 Å². The van der Waals surface area contributed by atoms with E-state index in [1.54, 1.807) is 29.2 Å². The highest BCUT2D eigenvalue weighted by Crippen LogP contribution is 2.18. The van der Waals surface area contributed by atoms with Crippen molar-refractivity contribution in [3.05, 3.63) is 69.8 Å². The molecule has 0 aliphatic heterocycles. The molecule has 0 saturated carbocycles. The summed E-state index contributed by atoms with van der Waals surface area (Å²) in [6, 6.07) is 5.75. The van der Waals surface area contributed by atoms with Crippen LogP contribution >= 0.6 is 0 Å². The highest BCUT2D eigenvalue weighted by molar-refractivity contribution is 5.94. The van der Waals surface area contributed by atoms with E-state index < -0.39 is 4.92 Å². The van der Waals surface area contributed by atoms with Crippen LogP contribution in [-0.4, -0.2) is 30.4 Å². The van der Waals surface area contributed by atoms with E-state index in [2.05, 4.69) is 15.5 Å². The summed E-state index contributed by atoms with van der Waals surface area (Å²) in [5, 5.41) is 22.0. The minimum absolute atomic E-state index is 0.000428. The van der Waals surface area contributed by atoms with Crippen LogP contribution in [-0.2, 0) is 7.05 Å². The summed E-state index contributed by atoms with van der Waals surface area (Å²) < 4.78 is 3.25. The van der Waals surface area contributed by atoms with Gasteiger partial charge in [-0.2, -0.15) is 10.2 Å². The Labute approximate surface area is 149 Å². The van der Waals surface area contributed by atoms with Gasteiger partial charge in [-0.25, -0.2) is 4.68 Å². The van der Waals surface area contributed by atoms with Gasteiger partial charge in [0.2, 0.25) is 0 Å². The number of rotatable bonds is 5. The fourth-order valence-electron chi connectivity index (χ4n) is 2.61. The molecule has 3 aromatic rings. The first kappa shape index (κ1) is 17.3. The predicted octanol–water partition coefficient (Wildman–Crippen LogP) is 2.31. The summed E-state index contributed by atoms with van der Waals surface area (Å²) in [5.74, 6) is -0.256. The molecule has 134 valence electrons. The topological polar surface area (TPSA) is 108 Å². The lowest BCUT2D eigenvalue weighted by atomic mass is 10.1. The SMILES string of the molecule is Cc1c([C@H](C)NC(=O)c2cnn(-c3ccc([N+](=O)[O-])cc3)c2)cnn1C. The molecule has 0 aliphatic carbocycles. The monoisotopic (exact) mass is 354 g/mol. The van der Waals surface area contributed by atoms with E-state index in [9.17, 15) is 14.9 Å². The first-order chi connectivity index (χ1) is 12.4. The third-order valence-corrected chi connectivity index (χ3v) is 4.26. The van der Waals surface area contributed by atoms with Gasteiger partial charge < -0.3 is 5.32 Å². The van der Waals surface area contributed by atoms with Gasteiger partial charge in [-0.15, -0.1) is 0 Å². The lowest BCUT2D eigenvalue weighted by molar-refractivity contribution is -0.384. The zero-order chi connectivity index (χ0) is 18.8. The molecule has 0 saturated heterocycles. The van der Waals surface area contributed by atoms with E-state index in [0.29, 0.717) is 11.3 Å². The van der Waals surface area contributed by atoms with Gasteiger partial charge in [0, 0.05) is 36.6 Å². The second-order valence-electron chi connectivity index (χ2n) is 5.95. The van der Waals surface area contributed by atoms with Gasteiger partial charge in [0.15, 0.2) is 0 Å². The summed E-state index contributed by atoms with van der Waals surface area (Å²) in [6.07, 6.45) is 4.78. The predicted molar refractivity (Wildman–Crippen MR) is 94.0 cm³/mol. The van der Waals surface area contributed by atoms with Gasteiger partial charge in [-0.1, -0.05) is 0 Å². The first-order valence-electron chi connectivity index (χ1n) is 7.95. The zero-order valence-corrected chi connectivity index (χ0v) is 14.6. The average molecular weight is 354 g/mol. The Kier molecular flexibility index (Phi) is 4.53. The van der Waals surface area contributed by atoms with Crippen LogP contribution in [0.25, 0.3) is 5.69 Å². The minimum Gasteiger partial charge on any atom is -0.345 e. The summed E-state index contributed by atoms with van der Waals surface area (Å²) in [6.45, 7) is 3.83. The maximum Gasteiger partial charge on any atom is 0.269 e. The molecule has 26 heavy (non-hydrogen) atoms. The fourth-order valence-corrected chi connectivity index (χ4v) is 2.61. The molecule has 0 radical (unpaired) electrons. The highest BCUT2D eigenvalue weighted by Gasteiger charge is 2.17. The number of nitro groups is 1.